The van der Waals surface area contributed by atoms with Gasteiger partial charge in [0.25, 0.3) is 5.91 Å². The van der Waals surface area contributed by atoms with E-state index in [1.54, 1.807) is 12.1 Å². The molecule has 1 N–H and O–H groups in total. The molecule has 126 valence electrons. The SMILES string of the molecule is O=C(Nc1ccccc1Cl)c1cc2c(s1)-c1ccc(Br)cc1OCC2. The predicted molar refractivity (Wildman–Crippen MR) is 106 cm³/mol. The van der Waals surface area contributed by atoms with E-state index >= 15 is 0 Å². The van der Waals surface area contributed by atoms with Crippen molar-refractivity contribution >= 4 is 50.5 Å². The summed E-state index contributed by atoms with van der Waals surface area (Å²) in [6, 6.07) is 15.2. The van der Waals surface area contributed by atoms with E-state index in [4.69, 9.17) is 16.3 Å². The van der Waals surface area contributed by atoms with Crippen molar-refractivity contribution in [3.63, 3.8) is 0 Å². The molecule has 1 amide bonds. The highest BCUT2D eigenvalue weighted by Gasteiger charge is 2.21. The van der Waals surface area contributed by atoms with Crippen LogP contribution in [0.5, 0.6) is 5.75 Å². The van der Waals surface area contributed by atoms with E-state index in [1.807, 2.05) is 36.4 Å². The first kappa shape index (κ1) is 16.6. The largest absolute Gasteiger partial charge is 0.493 e. The molecular formula is C19H13BrClNO2S. The number of para-hydroxylation sites is 1. The van der Waals surface area contributed by atoms with Crippen molar-refractivity contribution < 1.29 is 9.53 Å². The smallest absolute Gasteiger partial charge is 0.265 e. The van der Waals surface area contributed by atoms with E-state index in [2.05, 4.69) is 21.2 Å². The molecule has 3 aromatic rings. The lowest BCUT2D eigenvalue weighted by atomic mass is 10.1. The van der Waals surface area contributed by atoms with E-state index in [1.165, 1.54) is 11.3 Å². The van der Waals surface area contributed by atoms with Gasteiger partial charge in [-0.15, -0.1) is 11.3 Å². The molecule has 2 heterocycles. The molecule has 0 unspecified atom stereocenters. The van der Waals surface area contributed by atoms with Crippen molar-refractivity contribution in [1.82, 2.24) is 0 Å². The lowest BCUT2D eigenvalue weighted by Gasteiger charge is -2.07. The summed E-state index contributed by atoms with van der Waals surface area (Å²) in [5.74, 6) is 0.693. The Kier molecular flexibility index (Phi) is 4.54. The first-order chi connectivity index (χ1) is 12.1. The predicted octanol–water partition coefficient (Wildman–Crippen LogP) is 6.02. The fraction of sp³-hybridized carbons (Fsp3) is 0.105. The molecule has 0 saturated heterocycles. The average molecular weight is 435 g/mol. The van der Waals surface area contributed by atoms with Gasteiger partial charge in [0.2, 0.25) is 0 Å². The summed E-state index contributed by atoms with van der Waals surface area (Å²) in [5.41, 5.74) is 2.78. The van der Waals surface area contributed by atoms with Gasteiger partial charge in [-0.25, -0.2) is 0 Å². The summed E-state index contributed by atoms with van der Waals surface area (Å²) in [4.78, 5) is 14.4. The van der Waals surface area contributed by atoms with Gasteiger partial charge < -0.3 is 10.1 Å². The lowest BCUT2D eigenvalue weighted by Crippen LogP contribution is -2.10. The second-order valence-electron chi connectivity index (χ2n) is 5.64. The highest BCUT2D eigenvalue weighted by atomic mass is 79.9. The number of benzene rings is 2. The Bertz CT molecular complexity index is 970. The first-order valence-electron chi connectivity index (χ1n) is 7.73. The van der Waals surface area contributed by atoms with E-state index in [0.717, 1.165) is 32.6 Å². The minimum Gasteiger partial charge on any atom is -0.493 e. The third-order valence-electron chi connectivity index (χ3n) is 3.97. The maximum Gasteiger partial charge on any atom is 0.265 e. The molecule has 6 heteroatoms. The summed E-state index contributed by atoms with van der Waals surface area (Å²) in [5, 5.41) is 3.41. The maximum absolute atomic E-state index is 12.6. The summed E-state index contributed by atoms with van der Waals surface area (Å²) in [6.45, 7) is 0.596. The van der Waals surface area contributed by atoms with Crippen LogP contribution >= 0.6 is 38.9 Å². The van der Waals surface area contributed by atoms with Crippen LogP contribution in [0.1, 0.15) is 15.2 Å². The molecule has 25 heavy (non-hydrogen) atoms. The van der Waals surface area contributed by atoms with E-state index in [9.17, 15) is 4.79 Å². The van der Waals surface area contributed by atoms with Gasteiger partial charge in [-0.05, 0) is 42.0 Å². The standard InChI is InChI=1S/C19H13BrClNO2S/c20-12-5-6-13-16(10-12)24-8-7-11-9-17(25-18(11)13)19(23)22-15-4-2-1-3-14(15)21/h1-6,9-10H,7-8H2,(H,22,23). The van der Waals surface area contributed by atoms with Gasteiger partial charge in [0.05, 0.1) is 22.2 Å². The van der Waals surface area contributed by atoms with Crippen LogP contribution in [0, 0.1) is 0 Å². The average Bonchev–Trinajstić information content (AvgIpc) is 2.94. The fourth-order valence-corrected chi connectivity index (χ4v) is 4.43. The summed E-state index contributed by atoms with van der Waals surface area (Å²) in [6.07, 6.45) is 0.775. The molecular weight excluding hydrogens is 422 g/mol. The van der Waals surface area contributed by atoms with Gasteiger partial charge in [0.1, 0.15) is 5.75 Å². The number of carbonyl (C=O) groups excluding carboxylic acids is 1. The molecule has 1 aliphatic rings. The van der Waals surface area contributed by atoms with E-state index < -0.39 is 0 Å². The van der Waals surface area contributed by atoms with Crippen LogP contribution in [0.4, 0.5) is 5.69 Å². The molecule has 0 radical (unpaired) electrons. The van der Waals surface area contributed by atoms with Crippen molar-refractivity contribution in [2.75, 3.05) is 11.9 Å². The topological polar surface area (TPSA) is 38.3 Å². The summed E-state index contributed by atoms with van der Waals surface area (Å²) < 4.78 is 6.82. The summed E-state index contributed by atoms with van der Waals surface area (Å²) >= 11 is 11.1. The lowest BCUT2D eigenvalue weighted by molar-refractivity contribution is 0.103. The third kappa shape index (κ3) is 3.32. The van der Waals surface area contributed by atoms with Crippen LogP contribution in [0.2, 0.25) is 5.02 Å². The Balaban J connectivity index is 1.69. The van der Waals surface area contributed by atoms with Crippen LogP contribution in [-0.2, 0) is 6.42 Å². The van der Waals surface area contributed by atoms with Gasteiger partial charge >= 0.3 is 0 Å². The number of rotatable bonds is 2. The molecule has 0 spiro atoms. The van der Waals surface area contributed by atoms with Crippen LogP contribution < -0.4 is 10.1 Å². The van der Waals surface area contributed by atoms with Crippen LogP contribution in [-0.4, -0.2) is 12.5 Å². The normalized spacial score (nSPS) is 12.6. The molecule has 0 fully saturated rings. The van der Waals surface area contributed by atoms with Crippen molar-refractivity contribution in [3.8, 4) is 16.2 Å². The van der Waals surface area contributed by atoms with Crippen LogP contribution in [0.25, 0.3) is 10.4 Å². The van der Waals surface area contributed by atoms with Gasteiger partial charge in [-0.1, -0.05) is 39.7 Å². The Morgan fingerprint density at radius 2 is 2.04 bits per heavy atom. The van der Waals surface area contributed by atoms with E-state index in [0.29, 0.717) is 22.2 Å². The number of thiophene rings is 1. The number of hydrogen-bond acceptors (Lipinski definition) is 3. The highest BCUT2D eigenvalue weighted by molar-refractivity contribution is 9.10. The zero-order valence-corrected chi connectivity index (χ0v) is 16.2. The first-order valence-corrected chi connectivity index (χ1v) is 9.72. The summed E-state index contributed by atoms with van der Waals surface area (Å²) in [7, 11) is 0. The highest BCUT2D eigenvalue weighted by Crippen LogP contribution is 2.42. The van der Waals surface area contributed by atoms with Gasteiger partial charge in [-0.2, -0.15) is 0 Å². The molecule has 0 saturated carbocycles. The molecule has 3 nitrogen and oxygen atoms in total. The van der Waals surface area contributed by atoms with Crippen molar-refractivity contribution in [1.29, 1.82) is 0 Å². The molecule has 1 aromatic heterocycles. The zero-order valence-electron chi connectivity index (χ0n) is 13.0. The minimum atomic E-state index is -0.147. The third-order valence-corrected chi connectivity index (χ3v) is 6.00. The molecule has 1 aliphatic heterocycles. The number of ether oxygens (including phenoxy) is 1. The Morgan fingerprint density at radius 1 is 1.20 bits per heavy atom. The van der Waals surface area contributed by atoms with Gasteiger partial charge in [0.15, 0.2) is 0 Å². The van der Waals surface area contributed by atoms with Gasteiger partial charge in [-0.3, -0.25) is 4.79 Å². The molecule has 0 atom stereocenters. The van der Waals surface area contributed by atoms with E-state index in [-0.39, 0.29) is 5.91 Å². The number of halogens is 2. The second-order valence-corrected chi connectivity index (χ2v) is 8.01. The molecule has 2 aromatic carbocycles. The van der Waals surface area contributed by atoms with Crippen molar-refractivity contribution in [3.05, 3.63) is 68.5 Å². The zero-order chi connectivity index (χ0) is 17.4. The van der Waals surface area contributed by atoms with Crippen molar-refractivity contribution in [2.24, 2.45) is 0 Å². The quantitative estimate of drug-likeness (QED) is 0.536. The number of anilines is 1. The van der Waals surface area contributed by atoms with Crippen LogP contribution in [0.15, 0.2) is 53.0 Å². The fourth-order valence-electron chi connectivity index (χ4n) is 2.77. The van der Waals surface area contributed by atoms with Crippen LogP contribution in [0.3, 0.4) is 0 Å². The Hall–Kier alpha value is -1.82. The number of nitrogens with one attached hydrogen (secondary N) is 1. The van der Waals surface area contributed by atoms with Gasteiger partial charge in [0, 0.05) is 21.3 Å². The number of amides is 1. The number of fused-ring (bicyclic) bond motifs is 3. The molecule has 0 bridgehead atoms. The monoisotopic (exact) mass is 433 g/mol. The number of carbonyl (C=O) groups is 1. The number of hydrogen-bond donors (Lipinski definition) is 1. The molecule has 4 rings (SSSR count). The Morgan fingerprint density at radius 3 is 2.88 bits per heavy atom. The van der Waals surface area contributed by atoms with Crippen molar-refractivity contribution in [2.45, 2.75) is 6.42 Å². The Labute approximate surface area is 162 Å². The maximum atomic E-state index is 12.6. The molecule has 0 aliphatic carbocycles. The second kappa shape index (κ2) is 6.83. The minimum absolute atomic E-state index is 0.147.